The lowest BCUT2D eigenvalue weighted by molar-refractivity contribution is 1.14. The summed E-state index contributed by atoms with van der Waals surface area (Å²) in [6.07, 6.45) is 0. The summed E-state index contributed by atoms with van der Waals surface area (Å²) < 4.78 is 2.21. The van der Waals surface area contributed by atoms with Gasteiger partial charge in [-0.1, -0.05) is 19.9 Å². The number of hydrogen-bond acceptors (Lipinski definition) is 0. The van der Waals surface area contributed by atoms with E-state index in [-0.39, 0.29) is 0 Å². The highest BCUT2D eigenvalue weighted by Crippen LogP contribution is 2.26. The number of rotatable bonds is 1. The zero-order valence-electron chi connectivity index (χ0n) is 6.49. The van der Waals surface area contributed by atoms with Crippen LogP contribution in [0.25, 0.3) is 0 Å². The maximum absolute atomic E-state index is 3.45. The highest BCUT2D eigenvalue weighted by molar-refractivity contribution is 9.13. The number of benzene rings is 1. The second-order valence-electron chi connectivity index (χ2n) is 2.63. The average molecular weight is 277 g/mol. The van der Waals surface area contributed by atoms with Crippen LogP contribution >= 0.6 is 31.9 Å². The molecule has 0 aliphatic heterocycles. The van der Waals surface area contributed by atoms with Crippen LogP contribution in [0, 0.1) is 5.92 Å². The van der Waals surface area contributed by atoms with Crippen molar-refractivity contribution < 1.29 is 0 Å². The van der Waals surface area contributed by atoms with Crippen molar-refractivity contribution in [2.75, 3.05) is 0 Å². The predicted octanol–water partition coefficient (Wildman–Crippen LogP) is 4.17. The molecule has 2 heteroatoms. The third-order valence-electron chi connectivity index (χ3n) is 1.50. The minimum atomic E-state index is 1.10. The van der Waals surface area contributed by atoms with Crippen molar-refractivity contribution in [2.24, 2.45) is 0 Å². The van der Waals surface area contributed by atoms with Gasteiger partial charge >= 0.3 is 0 Å². The fraction of sp³-hybridized carbons (Fsp3) is 0.222. The molecule has 0 fully saturated rings. The Kier molecular flexibility index (Phi) is 3.14. The summed E-state index contributed by atoms with van der Waals surface area (Å²) in [5.41, 5.74) is 1.28. The van der Waals surface area contributed by atoms with Crippen molar-refractivity contribution in [1.29, 1.82) is 0 Å². The Balaban J connectivity index is 3.05. The lowest BCUT2D eigenvalue weighted by Gasteiger charge is -2.05. The van der Waals surface area contributed by atoms with Crippen LogP contribution in [0.4, 0.5) is 0 Å². The van der Waals surface area contributed by atoms with E-state index in [9.17, 15) is 0 Å². The summed E-state index contributed by atoms with van der Waals surface area (Å²) in [6.45, 7) is 4.21. The molecule has 0 nitrogen and oxygen atoms in total. The lowest BCUT2D eigenvalue weighted by Crippen LogP contribution is -1.87. The van der Waals surface area contributed by atoms with Gasteiger partial charge in [0.25, 0.3) is 0 Å². The zero-order valence-corrected chi connectivity index (χ0v) is 9.66. The molecule has 0 amide bonds. The molecule has 0 unspecified atom stereocenters. The van der Waals surface area contributed by atoms with Crippen LogP contribution in [0.15, 0.2) is 27.1 Å². The van der Waals surface area contributed by atoms with E-state index < -0.39 is 0 Å². The van der Waals surface area contributed by atoms with E-state index in [0.717, 1.165) is 8.95 Å². The molecule has 0 aliphatic rings. The molecule has 1 rings (SSSR count). The Morgan fingerprint density at radius 1 is 1.09 bits per heavy atom. The first-order valence-corrected chi connectivity index (χ1v) is 4.95. The van der Waals surface area contributed by atoms with Crippen molar-refractivity contribution in [3.63, 3.8) is 0 Å². The molecule has 0 saturated carbocycles. The zero-order chi connectivity index (χ0) is 8.43. The van der Waals surface area contributed by atoms with Gasteiger partial charge in [-0.2, -0.15) is 0 Å². The molecular weight excluding hydrogens is 268 g/mol. The number of hydrogen-bond donors (Lipinski definition) is 0. The van der Waals surface area contributed by atoms with E-state index in [4.69, 9.17) is 0 Å². The van der Waals surface area contributed by atoms with E-state index >= 15 is 0 Å². The van der Waals surface area contributed by atoms with E-state index in [0.29, 0.717) is 0 Å². The Hall–Kier alpha value is 0.180. The van der Waals surface area contributed by atoms with Crippen molar-refractivity contribution in [1.82, 2.24) is 0 Å². The standard InChI is InChI=1S/C9H9Br2/c1-6(2)7-3-4-8(10)9(11)5-7/h3-5H,1-2H3. The first-order chi connectivity index (χ1) is 5.11. The molecule has 0 bridgehead atoms. The first-order valence-electron chi connectivity index (χ1n) is 3.37. The summed E-state index contributed by atoms with van der Waals surface area (Å²) in [7, 11) is 0. The molecule has 59 valence electrons. The van der Waals surface area contributed by atoms with Crippen LogP contribution in [-0.2, 0) is 0 Å². The van der Waals surface area contributed by atoms with Gasteiger partial charge in [0.15, 0.2) is 0 Å². The Morgan fingerprint density at radius 3 is 2.18 bits per heavy atom. The van der Waals surface area contributed by atoms with E-state index in [2.05, 4.69) is 57.8 Å². The molecule has 0 heterocycles. The summed E-state index contributed by atoms with van der Waals surface area (Å²) in [5, 5.41) is 0. The highest BCUT2D eigenvalue weighted by atomic mass is 79.9. The maximum Gasteiger partial charge on any atom is 0.0320 e. The predicted molar refractivity (Wildman–Crippen MR) is 55.5 cm³/mol. The quantitative estimate of drug-likeness (QED) is 0.722. The van der Waals surface area contributed by atoms with Gasteiger partial charge in [0.05, 0.1) is 0 Å². The van der Waals surface area contributed by atoms with Gasteiger partial charge in [0.1, 0.15) is 0 Å². The summed E-state index contributed by atoms with van der Waals surface area (Å²) in [4.78, 5) is 0. The normalized spacial score (nSPS) is 10.6. The smallest absolute Gasteiger partial charge is 0.0320 e. The van der Waals surface area contributed by atoms with E-state index in [1.54, 1.807) is 0 Å². The van der Waals surface area contributed by atoms with Crippen molar-refractivity contribution in [3.8, 4) is 0 Å². The Morgan fingerprint density at radius 2 is 1.73 bits per heavy atom. The van der Waals surface area contributed by atoms with Crippen LogP contribution in [-0.4, -0.2) is 0 Å². The summed E-state index contributed by atoms with van der Waals surface area (Å²) >= 11 is 6.88. The van der Waals surface area contributed by atoms with Crippen LogP contribution < -0.4 is 0 Å². The van der Waals surface area contributed by atoms with E-state index in [1.165, 1.54) is 11.5 Å². The molecular formula is C9H9Br2. The fourth-order valence-corrected chi connectivity index (χ4v) is 1.43. The van der Waals surface area contributed by atoms with Crippen molar-refractivity contribution in [2.45, 2.75) is 13.8 Å². The molecule has 0 spiro atoms. The lowest BCUT2D eigenvalue weighted by atomic mass is 10.0. The molecule has 0 aromatic heterocycles. The van der Waals surface area contributed by atoms with Crippen LogP contribution in [0.1, 0.15) is 19.4 Å². The molecule has 0 aliphatic carbocycles. The number of halogens is 2. The topological polar surface area (TPSA) is 0 Å². The maximum atomic E-state index is 3.45. The third-order valence-corrected chi connectivity index (χ3v) is 3.38. The Labute approximate surface area is 84.3 Å². The Bertz CT molecular complexity index is 254. The van der Waals surface area contributed by atoms with Crippen LogP contribution in [0.5, 0.6) is 0 Å². The van der Waals surface area contributed by atoms with Crippen LogP contribution in [0.2, 0.25) is 0 Å². The fourth-order valence-electron chi connectivity index (χ4n) is 0.807. The molecule has 1 aromatic carbocycles. The molecule has 1 aromatic rings. The molecule has 0 atom stereocenters. The van der Waals surface area contributed by atoms with Gasteiger partial charge in [0, 0.05) is 8.95 Å². The summed E-state index contributed by atoms with van der Waals surface area (Å²) in [6, 6.07) is 6.26. The van der Waals surface area contributed by atoms with Crippen LogP contribution in [0.3, 0.4) is 0 Å². The largest absolute Gasteiger partial charge is 0.0573 e. The van der Waals surface area contributed by atoms with Crippen molar-refractivity contribution in [3.05, 3.63) is 38.6 Å². The molecule has 11 heavy (non-hydrogen) atoms. The van der Waals surface area contributed by atoms with Gasteiger partial charge in [-0.25, -0.2) is 0 Å². The van der Waals surface area contributed by atoms with Gasteiger partial charge in [-0.3, -0.25) is 0 Å². The van der Waals surface area contributed by atoms with Gasteiger partial charge in [-0.05, 0) is 55.5 Å². The SMILES string of the molecule is C[C](C)c1ccc(Br)c(Br)c1. The minimum absolute atomic E-state index is 1.10. The minimum Gasteiger partial charge on any atom is -0.0573 e. The molecule has 0 N–H and O–H groups in total. The van der Waals surface area contributed by atoms with Gasteiger partial charge in [-0.15, -0.1) is 0 Å². The van der Waals surface area contributed by atoms with Gasteiger partial charge < -0.3 is 0 Å². The molecule has 0 saturated heterocycles. The van der Waals surface area contributed by atoms with Crippen molar-refractivity contribution >= 4 is 31.9 Å². The summed E-state index contributed by atoms with van der Waals surface area (Å²) in [5.74, 6) is 1.33. The molecule has 1 radical (unpaired) electrons. The second-order valence-corrected chi connectivity index (χ2v) is 4.34. The van der Waals surface area contributed by atoms with Gasteiger partial charge in [0.2, 0.25) is 0 Å². The van der Waals surface area contributed by atoms with E-state index in [1.807, 2.05) is 6.07 Å². The second kappa shape index (κ2) is 3.72. The average Bonchev–Trinajstić information content (AvgIpc) is 1.94. The third kappa shape index (κ3) is 2.31. The monoisotopic (exact) mass is 275 g/mol. The highest BCUT2D eigenvalue weighted by Gasteiger charge is 2.01. The first kappa shape index (κ1) is 9.27.